The molecule has 0 aromatic carbocycles. The Balaban J connectivity index is 0.000000168. The molecular weight excluding hydrogens is 573 g/mol. The highest BCUT2D eigenvalue weighted by molar-refractivity contribution is 7.17. The number of nitrogens with one attached hydrogen (secondary N) is 2. The number of carbonyl (C=O) groups is 2. The second-order valence-electron chi connectivity index (χ2n) is 9.23. The lowest BCUT2D eigenvalue weighted by Gasteiger charge is -2.14. The van der Waals surface area contributed by atoms with Crippen LogP contribution in [0.4, 0.5) is 11.9 Å². The first kappa shape index (κ1) is 28.6. The number of Topliss-reactive ketones (excluding diaryl/α,β-unsaturated/α-hetero) is 1. The molecule has 0 aliphatic rings. The molecule has 3 N–H and O–H groups in total. The first-order valence-electron chi connectivity index (χ1n) is 12.9. The number of carbonyl (C=O) groups excluding carboxylic acids is 1. The van der Waals surface area contributed by atoms with Crippen LogP contribution in [0.2, 0.25) is 0 Å². The number of ketones is 1. The van der Waals surface area contributed by atoms with Gasteiger partial charge in [0, 0.05) is 31.7 Å². The quantitative estimate of drug-likeness (QED) is 0.166. The number of pyridine rings is 2. The van der Waals surface area contributed by atoms with E-state index in [9.17, 15) is 14.7 Å². The molecule has 6 aromatic rings. The van der Waals surface area contributed by atoms with Gasteiger partial charge in [0.05, 0.1) is 32.5 Å². The fourth-order valence-corrected chi connectivity index (χ4v) is 5.74. The molecule has 0 spiro atoms. The van der Waals surface area contributed by atoms with E-state index in [1.807, 2.05) is 49.6 Å². The van der Waals surface area contributed by atoms with Crippen LogP contribution >= 0.6 is 22.7 Å². The molecule has 6 rings (SSSR count). The molecule has 0 aliphatic carbocycles. The van der Waals surface area contributed by atoms with Crippen LogP contribution in [0, 0.1) is 0 Å². The number of nitrogens with zero attached hydrogens (tertiary/aromatic N) is 6. The van der Waals surface area contributed by atoms with Crippen molar-refractivity contribution in [2.45, 2.75) is 32.9 Å². The van der Waals surface area contributed by atoms with Crippen LogP contribution in [-0.2, 0) is 0 Å². The van der Waals surface area contributed by atoms with E-state index in [1.54, 1.807) is 36.2 Å². The van der Waals surface area contributed by atoms with Crippen molar-refractivity contribution in [1.82, 2.24) is 29.9 Å². The third kappa shape index (κ3) is 6.53. The summed E-state index contributed by atoms with van der Waals surface area (Å²) in [4.78, 5) is 48.5. The molecule has 2 atom stereocenters. The lowest BCUT2D eigenvalue weighted by molar-refractivity contribution is 0.0693. The van der Waals surface area contributed by atoms with Crippen molar-refractivity contribution in [3.05, 3.63) is 94.5 Å². The Morgan fingerprint density at radius 2 is 1.21 bits per heavy atom. The molecule has 13 heteroatoms. The third-order valence-electron chi connectivity index (χ3n) is 6.20. The fraction of sp³-hybridized carbons (Fsp3) is 0.172. The predicted molar refractivity (Wildman–Crippen MR) is 164 cm³/mol. The van der Waals surface area contributed by atoms with Gasteiger partial charge >= 0.3 is 5.97 Å². The van der Waals surface area contributed by atoms with Gasteiger partial charge in [0.2, 0.25) is 11.9 Å². The van der Waals surface area contributed by atoms with Gasteiger partial charge in [-0.05, 0) is 60.0 Å². The van der Waals surface area contributed by atoms with E-state index in [0.29, 0.717) is 27.8 Å². The van der Waals surface area contributed by atoms with Crippen LogP contribution < -0.4 is 10.6 Å². The molecule has 6 aromatic heterocycles. The summed E-state index contributed by atoms with van der Waals surface area (Å²) in [6.45, 7) is 5.47. The van der Waals surface area contributed by atoms with E-state index < -0.39 is 5.97 Å². The molecule has 0 fully saturated rings. The first-order valence-corrected chi connectivity index (χ1v) is 14.6. The van der Waals surface area contributed by atoms with Crippen LogP contribution in [0.1, 0.15) is 65.0 Å². The van der Waals surface area contributed by atoms with Gasteiger partial charge in [-0.3, -0.25) is 14.8 Å². The Kier molecular flexibility index (Phi) is 8.69. The highest BCUT2D eigenvalue weighted by Gasteiger charge is 2.17. The minimum absolute atomic E-state index is 0.00888. The molecule has 0 radical (unpaired) electrons. The van der Waals surface area contributed by atoms with Crippen molar-refractivity contribution >= 4 is 66.8 Å². The van der Waals surface area contributed by atoms with Crippen LogP contribution in [0.15, 0.2) is 71.9 Å². The van der Waals surface area contributed by atoms with Crippen LogP contribution in [0.3, 0.4) is 0 Å². The lowest BCUT2D eigenvalue weighted by atomic mass is 10.1. The largest absolute Gasteiger partial charge is 0.476 e. The Bertz CT molecular complexity index is 1710. The van der Waals surface area contributed by atoms with E-state index in [0.717, 1.165) is 21.3 Å². The average molecular weight is 599 g/mol. The normalized spacial score (nSPS) is 12.3. The van der Waals surface area contributed by atoms with Gasteiger partial charge in [0.15, 0.2) is 11.5 Å². The monoisotopic (exact) mass is 598 g/mol. The maximum atomic E-state index is 11.7. The maximum Gasteiger partial charge on any atom is 0.356 e. The number of anilines is 2. The molecule has 0 bridgehead atoms. The summed E-state index contributed by atoms with van der Waals surface area (Å²) in [6, 6.07) is 11.3. The van der Waals surface area contributed by atoms with E-state index >= 15 is 0 Å². The standard InChI is InChI=1S/C15H14N4OS.C14H12N4O2S/c1-9(11-4-3-6-16-8-11)17-15-18-12-5-7-21-14(12)13(19-15)10(2)20;1-8(9-3-2-5-15-7-9)16-14-17-10-4-6-21-12(10)11(18-14)13(19)20/h3-9H,1-2H3,(H,17,18,19);2-8H,1H3,(H,19,20)(H,16,17,18)/t9-;8-/m00/s1. The van der Waals surface area contributed by atoms with Crippen molar-refractivity contribution in [2.75, 3.05) is 10.6 Å². The van der Waals surface area contributed by atoms with Crippen molar-refractivity contribution < 1.29 is 14.7 Å². The summed E-state index contributed by atoms with van der Waals surface area (Å²) in [6.07, 6.45) is 6.98. The van der Waals surface area contributed by atoms with Gasteiger partial charge in [-0.2, -0.15) is 0 Å². The van der Waals surface area contributed by atoms with Gasteiger partial charge in [-0.25, -0.2) is 24.7 Å². The third-order valence-corrected chi connectivity index (χ3v) is 8.02. The van der Waals surface area contributed by atoms with Gasteiger partial charge in [0.1, 0.15) is 5.69 Å². The second-order valence-corrected chi connectivity index (χ2v) is 11.1. The topological polar surface area (TPSA) is 156 Å². The van der Waals surface area contributed by atoms with Crippen molar-refractivity contribution in [3.8, 4) is 0 Å². The van der Waals surface area contributed by atoms with Crippen molar-refractivity contribution in [3.63, 3.8) is 0 Å². The molecule has 42 heavy (non-hydrogen) atoms. The Hall–Kier alpha value is -4.88. The minimum atomic E-state index is -1.05. The lowest BCUT2D eigenvalue weighted by Crippen LogP contribution is -2.12. The van der Waals surface area contributed by atoms with Crippen molar-refractivity contribution in [1.29, 1.82) is 0 Å². The summed E-state index contributed by atoms with van der Waals surface area (Å²) in [7, 11) is 0. The highest BCUT2D eigenvalue weighted by atomic mass is 32.1. The first-order chi connectivity index (χ1) is 20.3. The van der Waals surface area contributed by atoms with Crippen LogP contribution in [0.5, 0.6) is 0 Å². The zero-order chi connectivity index (χ0) is 29.6. The van der Waals surface area contributed by atoms with Crippen LogP contribution in [0.25, 0.3) is 20.4 Å². The Morgan fingerprint density at radius 3 is 1.64 bits per heavy atom. The fourth-order valence-electron chi connectivity index (χ4n) is 4.06. The summed E-state index contributed by atoms with van der Waals surface area (Å²) < 4.78 is 1.42. The number of rotatable bonds is 8. The Morgan fingerprint density at radius 1 is 0.738 bits per heavy atom. The van der Waals surface area contributed by atoms with Gasteiger partial charge in [-0.1, -0.05) is 12.1 Å². The zero-order valence-electron chi connectivity index (χ0n) is 22.8. The number of thiophene rings is 2. The zero-order valence-corrected chi connectivity index (χ0v) is 24.5. The molecule has 0 saturated carbocycles. The second kappa shape index (κ2) is 12.7. The van der Waals surface area contributed by atoms with Crippen LogP contribution in [-0.4, -0.2) is 46.8 Å². The SMILES string of the molecule is CC(=O)c1nc(N[C@@H](C)c2cccnc2)nc2ccsc12.C[C@H](Nc1nc(C(=O)O)c2sccc2n1)c1cccnc1. The van der Waals surface area contributed by atoms with Gasteiger partial charge in [-0.15, -0.1) is 22.7 Å². The number of fused-ring (bicyclic) bond motifs is 2. The highest BCUT2D eigenvalue weighted by Crippen LogP contribution is 2.26. The summed E-state index contributed by atoms with van der Waals surface area (Å²) >= 11 is 2.81. The smallest absolute Gasteiger partial charge is 0.356 e. The number of aromatic nitrogens is 6. The average Bonchev–Trinajstić information content (AvgIpc) is 3.67. The maximum absolute atomic E-state index is 11.7. The summed E-state index contributed by atoms with van der Waals surface area (Å²) in [5.41, 5.74) is 3.93. The number of carboxylic acids is 1. The van der Waals surface area contributed by atoms with Crippen molar-refractivity contribution in [2.24, 2.45) is 0 Å². The minimum Gasteiger partial charge on any atom is -0.476 e. The van der Waals surface area contributed by atoms with Gasteiger partial charge < -0.3 is 15.7 Å². The molecule has 0 aliphatic heterocycles. The predicted octanol–water partition coefficient (Wildman–Crippen LogP) is 6.42. The summed E-state index contributed by atoms with van der Waals surface area (Å²) in [5.74, 6) is -0.346. The molecule has 0 unspecified atom stereocenters. The molecule has 212 valence electrons. The number of hydrogen-bond acceptors (Lipinski definition) is 12. The van der Waals surface area contributed by atoms with E-state index in [2.05, 4.69) is 40.5 Å². The number of hydrogen-bond donors (Lipinski definition) is 3. The Labute approximate surface area is 248 Å². The molecule has 6 heterocycles. The van der Waals surface area contributed by atoms with E-state index in [4.69, 9.17) is 0 Å². The molecular formula is C29H26N8O3S2. The van der Waals surface area contributed by atoms with E-state index in [-0.39, 0.29) is 23.6 Å². The van der Waals surface area contributed by atoms with Gasteiger partial charge in [0.25, 0.3) is 0 Å². The number of aromatic carboxylic acids is 1. The molecule has 0 saturated heterocycles. The van der Waals surface area contributed by atoms with E-state index in [1.165, 1.54) is 29.6 Å². The summed E-state index contributed by atoms with van der Waals surface area (Å²) in [5, 5.41) is 19.3. The molecule has 11 nitrogen and oxygen atoms in total. The number of carboxylic acid groups (broad SMARTS) is 1. The molecule has 0 amide bonds.